The smallest absolute Gasteiger partial charge is 0.253 e. The highest BCUT2D eigenvalue weighted by Gasteiger charge is 2.35. The van der Waals surface area contributed by atoms with Gasteiger partial charge in [-0.15, -0.1) is 0 Å². The van der Waals surface area contributed by atoms with Crippen molar-refractivity contribution in [3.63, 3.8) is 0 Å². The Hall–Kier alpha value is -3.58. The van der Waals surface area contributed by atoms with E-state index in [-0.39, 0.29) is 23.9 Å². The van der Waals surface area contributed by atoms with Crippen LogP contribution in [0.25, 0.3) is 0 Å². The zero-order valence-electron chi connectivity index (χ0n) is 22.7. The van der Waals surface area contributed by atoms with E-state index in [0.29, 0.717) is 29.4 Å². The summed E-state index contributed by atoms with van der Waals surface area (Å²) < 4.78 is 5.88. The van der Waals surface area contributed by atoms with Crippen molar-refractivity contribution in [3.05, 3.63) is 88.7 Å². The fraction of sp³-hybridized carbons (Fsp3) is 0.387. The monoisotopic (exact) mass is 546 g/mol. The topological polar surface area (TPSA) is 74.8 Å². The molecule has 5 rings (SSSR count). The normalized spacial score (nSPS) is 17.6. The van der Waals surface area contributed by atoms with Gasteiger partial charge >= 0.3 is 0 Å². The number of ether oxygens (including phenoxy) is 1. The molecule has 3 aromatic rings. The first-order chi connectivity index (χ1) is 18.8. The predicted molar refractivity (Wildman–Crippen MR) is 153 cm³/mol. The third kappa shape index (κ3) is 5.59. The first-order valence-electron chi connectivity index (χ1n) is 13.5. The number of hydrogen-bond donors (Lipinski definition) is 1. The van der Waals surface area contributed by atoms with E-state index in [1.807, 2.05) is 86.7 Å². The molecule has 2 aromatic carbocycles. The number of halogens is 1. The highest BCUT2D eigenvalue weighted by molar-refractivity contribution is 6.31. The molecule has 0 spiro atoms. The maximum absolute atomic E-state index is 13.6. The molecule has 0 saturated carbocycles. The second-order valence-corrected chi connectivity index (χ2v) is 11.3. The summed E-state index contributed by atoms with van der Waals surface area (Å²) in [7, 11) is 1.89. The first kappa shape index (κ1) is 27.0. The Morgan fingerprint density at radius 3 is 2.49 bits per heavy atom. The number of nitrogens with zero attached hydrogens (tertiary/aromatic N) is 3. The summed E-state index contributed by atoms with van der Waals surface area (Å²) in [6.45, 7) is 6.02. The highest BCUT2D eigenvalue weighted by atomic mass is 35.5. The number of rotatable bonds is 6. The largest absolute Gasteiger partial charge is 0.493 e. The number of piperidine rings is 1. The van der Waals surface area contributed by atoms with Crippen LogP contribution < -0.4 is 15.0 Å². The maximum Gasteiger partial charge on any atom is 0.253 e. The van der Waals surface area contributed by atoms with Crippen LogP contribution in [0.5, 0.6) is 5.75 Å². The molecule has 1 fully saturated rings. The van der Waals surface area contributed by atoms with E-state index in [2.05, 4.69) is 15.2 Å². The molecule has 2 aliphatic rings. The summed E-state index contributed by atoms with van der Waals surface area (Å²) in [5.41, 5.74) is 2.55. The van der Waals surface area contributed by atoms with E-state index in [0.717, 1.165) is 42.7 Å². The molecule has 0 aliphatic carbocycles. The van der Waals surface area contributed by atoms with Crippen molar-refractivity contribution in [2.24, 2.45) is 0 Å². The molecular formula is C31H35ClN4O3. The molecule has 39 heavy (non-hydrogen) atoms. The van der Waals surface area contributed by atoms with Crippen molar-refractivity contribution in [2.45, 2.75) is 50.6 Å². The SMILES string of the molecule is CN(C(=O)c1ccc2c(c1)C(NC(=O)C(C)(C)c1ccccc1Cl)CCO2)C1CCN(c2ccncc2)CC1. The number of benzene rings is 2. The van der Waals surface area contributed by atoms with Gasteiger partial charge in [0.1, 0.15) is 5.75 Å². The summed E-state index contributed by atoms with van der Waals surface area (Å²) in [5, 5.41) is 3.77. The molecule has 1 aromatic heterocycles. The van der Waals surface area contributed by atoms with Gasteiger partial charge in [0.05, 0.1) is 18.1 Å². The van der Waals surface area contributed by atoms with Crippen molar-refractivity contribution in [1.82, 2.24) is 15.2 Å². The summed E-state index contributed by atoms with van der Waals surface area (Å²) in [5.74, 6) is 0.558. The standard InChI is InChI=1S/C31H35ClN4O3/c1-31(2,25-6-4-5-7-26(25)32)30(38)34-27-14-19-39-28-9-8-21(20-24(27)28)29(37)35(3)22-12-17-36(18-13-22)23-10-15-33-16-11-23/h4-11,15-16,20,22,27H,12-14,17-19H2,1-3H3,(H,34,38). The molecule has 2 amide bonds. The molecule has 2 aliphatic heterocycles. The second-order valence-electron chi connectivity index (χ2n) is 10.9. The predicted octanol–water partition coefficient (Wildman–Crippen LogP) is 5.39. The Morgan fingerprint density at radius 2 is 1.77 bits per heavy atom. The van der Waals surface area contributed by atoms with Gasteiger partial charge in [0, 0.05) is 66.8 Å². The Labute approximate surface area is 235 Å². The quantitative estimate of drug-likeness (QED) is 0.448. The van der Waals surface area contributed by atoms with Crippen molar-refractivity contribution in [1.29, 1.82) is 0 Å². The molecule has 7 nitrogen and oxygen atoms in total. The Kier molecular flexibility index (Phi) is 7.80. The lowest BCUT2D eigenvalue weighted by atomic mass is 9.83. The molecule has 0 bridgehead atoms. The molecular weight excluding hydrogens is 512 g/mol. The number of carbonyl (C=O) groups is 2. The number of amides is 2. The van der Waals surface area contributed by atoms with Crippen LogP contribution in [0.1, 0.15) is 60.6 Å². The minimum atomic E-state index is -0.824. The van der Waals surface area contributed by atoms with Gasteiger partial charge in [0.2, 0.25) is 5.91 Å². The number of pyridine rings is 1. The van der Waals surface area contributed by atoms with Gasteiger partial charge in [0.25, 0.3) is 5.91 Å². The fourth-order valence-electron chi connectivity index (χ4n) is 5.54. The third-order valence-corrected chi connectivity index (χ3v) is 8.41. The van der Waals surface area contributed by atoms with E-state index < -0.39 is 5.41 Å². The summed E-state index contributed by atoms with van der Waals surface area (Å²) in [6.07, 6.45) is 6.04. The van der Waals surface area contributed by atoms with Gasteiger partial charge in [-0.05, 0) is 68.7 Å². The fourth-order valence-corrected chi connectivity index (χ4v) is 5.91. The van der Waals surface area contributed by atoms with Crippen LogP contribution in [0, 0.1) is 0 Å². The van der Waals surface area contributed by atoms with Gasteiger partial charge < -0.3 is 19.9 Å². The summed E-state index contributed by atoms with van der Waals surface area (Å²) in [4.78, 5) is 35.3. The van der Waals surface area contributed by atoms with Gasteiger partial charge in [-0.2, -0.15) is 0 Å². The van der Waals surface area contributed by atoms with E-state index in [9.17, 15) is 9.59 Å². The minimum absolute atomic E-state index is 0.0211. The van der Waals surface area contributed by atoms with Crippen LogP contribution in [0.2, 0.25) is 5.02 Å². The van der Waals surface area contributed by atoms with Crippen LogP contribution in [0.3, 0.4) is 0 Å². The van der Waals surface area contributed by atoms with Gasteiger partial charge in [0.15, 0.2) is 0 Å². The number of nitrogens with one attached hydrogen (secondary N) is 1. The number of carbonyl (C=O) groups excluding carboxylic acids is 2. The minimum Gasteiger partial charge on any atom is -0.493 e. The highest BCUT2D eigenvalue weighted by Crippen LogP contribution is 2.36. The molecule has 204 valence electrons. The Morgan fingerprint density at radius 1 is 1.05 bits per heavy atom. The van der Waals surface area contributed by atoms with Crippen LogP contribution in [-0.4, -0.2) is 54.5 Å². The van der Waals surface area contributed by atoms with Crippen molar-refractivity contribution in [2.75, 3.05) is 31.6 Å². The van der Waals surface area contributed by atoms with E-state index >= 15 is 0 Å². The zero-order valence-corrected chi connectivity index (χ0v) is 23.4. The number of fused-ring (bicyclic) bond motifs is 1. The van der Waals surface area contributed by atoms with Crippen LogP contribution in [-0.2, 0) is 10.2 Å². The van der Waals surface area contributed by atoms with Gasteiger partial charge in [-0.1, -0.05) is 29.8 Å². The van der Waals surface area contributed by atoms with Crippen molar-refractivity contribution >= 4 is 29.1 Å². The average Bonchev–Trinajstić information content (AvgIpc) is 2.97. The first-order valence-corrected chi connectivity index (χ1v) is 13.9. The summed E-state index contributed by atoms with van der Waals surface area (Å²) >= 11 is 6.42. The molecule has 0 radical (unpaired) electrons. The lowest BCUT2D eigenvalue weighted by Crippen LogP contribution is -2.45. The lowest BCUT2D eigenvalue weighted by molar-refractivity contribution is -0.126. The maximum atomic E-state index is 13.6. The number of aromatic nitrogens is 1. The van der Waals surface area contributed by atoms with Crippen molar-refractivity contribution < 1.29 is 14.3 Å². The van der Waals surface area contributed by atoms with Gasteiger partial charge in [-0.3, -0.25) is 14.6 Å². The zero-order chi connectivity index (χ0) is 27.6. The second kappa shape index (κ2) is 11.3. The third-order valence-electron chi connectivity index (χ3n) is 8.08. The summed E-state index contributed by atoms with van der Waals surface area (Å²) in [6, 6.07) is 16.9. The van der Waals surface area contributed by atoms with E-state index in [1.165, 1.54) is 0 Å². The molecule has 1 unspecified atom stereocenters. The van der Waals surface area contributed by atoms with Crippen LogP contribution in [0.4, 0.5) is 5.69 Å². The number of anilines is 1. The number of hydrogen-bond acceptors (Lipinski definition) is 5. The molecule has 8 heteroatoms. The Balaban J connectivity index is 1.28. The van der Waals surface area contributed by atoms with Crippen molar-refractivity contribution in [3.8, 4) is 5.75 Å². The molecule has 1 atom stereocenters. The van der Waals surface area contributed by atoms with Crippen LogP contribution in [0.15, 0.2) is 67.0 Å². The van der Waals surface area contributed by atoms with E-state index in [4.69, 9.17) is 16.3 Å². The Bertz CT molecular complexity index is 1340. The molecule has 3 heterocycles. The molecule has 1 N–H and O–H groups in total. The van der Waals surface area contributed by atoms with E-state index in [1.54, 1.807) is 6.07 Å². The lowest BCUT2D eigenvalue weighted by Gasteiger charge is -2.38. The average molecular weight is 547 g/mol. The van der Waals surface area contributed by atoms with Gasteiger partial charge in [-0.25, -0.2) is 0 Å². The molecule has 1 saturated heterocycles. The van der Waals surface area contributed by atoms with Crippen LogP contribution >= 0.6 is 11.6 Å².